The molecular formula is C12H25N3O2S. The standard InChI is InChI=1S/C12H25N3O2S/c1-13-11-3-5-12(6-4-11)14-7-9-15(10-8-14)18(2,16)17/h11-13H,3-10H2,1-2H3. The molecule has 1 saturated carbocycles. The van der Waals surface area contributed by atoms with Crippen molar-refractivity contribution in [2.75, 3.05) is 39.5 Å². The van der Waals surface area contributed by atoms with Crippen LogP contribution in [0.2, 0.25) is 0 Å². The molecule has 5 nitrogen and oxygen atoms in total. The largest absolute Gasteiger partial charge is 0.317 e. The Hall–Kier alpha value is -0.170. The van der Waals surface area contributed by atoms with E-state index in [9.17, 15) is 8.42 Å². The first-order valence-electron chi connectivity index (χ1n) is 6.87. The predicted molar refractivity (Wildman–Crippen MR) is 73.1 cm³/mol. The fourth-order valence-electron chi connectivity index (χ4n) is 3.13. The van der Waals surface area contributed by atoms with Crippen molar-refractivity contribution in [3.05, 3.63) is 0 Å². The molecule has 1 saturated heterocycles. The van der Waals surface area contributed by atoms with Crippen molar-refractivity contribution >= 4 is 10.0 Å². The number of piperazine rings is 1. The van der Waals surface area contributed by atoms with Crippen LogP contribution >= 0.6 is 0 Å². The molecule has 0 aromatic heterocycles. The molecule has 2 fully saturated rings. The molecule has 0 bridgehead atoms. The average molecular weight is 275 g/mol. The Kier molecular flexibility index (Phi) is 4.64. The van der Waals surface area contributed by atoms with Crippen LogP contribution in [0.4, 0.5) is 0 Å². The van der Waals surface area contributed by atoms with Crippen LogP contribution in [-0.2, 0) is 10.0 Å². The Bertz CT molecular complexity index is 356. The van der Waals surface area contributed by atoms with Crippen LogP contribution in [0.15, 0.2) is 0 Å². The topological polar surface area (TPSA) is 52.6 Å². The van der Waals surface area contributed by atoms with E-state index in [2.05, 4.69) is 10.2 Å². The molecule has 1 aliphatic heterocycles. The Morgan fingerprint density at radius 2 is 1.56 bits per heavy atom. The highest BCUT2D eigenvalue weighted by Crippen LogP contribution is 2.24. The second-order valence-corrected chi connectivity index (χ2v) is 7.47. The SMILES string of the molecule is CNC1CCC(N2CCN(S(C)(=O)=O)CC2)CC1. The van der Waals surface area contributed by atoms with Crippen molar-refractivity contribution in [3.63, 3.8) is 0 Å². The van der Waals surface area contributed by atoms with Gasteiger partial charge in [-0.1, -0.05) is 0 Å². The fourth-order valence-corrected chi connectivity index (χ4v) is 3.96. The molecule has 0 aromatic carbocycles. The van der Waals surface area contributed by atoms with Gasteiger partial charge in [0.05, 0.1) is 6.26 Å². The monoisotopic (exact) mass is 275 g/mol. The number of sulfonamides is 1. The summed E-state index contributed by atoms with van der Waals surface area (Å²) in [5, 5.41) is 3.35. The van der Waals surface area contributed by atoms with Crippen molar-refractivity contribution in [1.82, 2.24) is 14.5 Å². The lowest BCUT2D eigenvalue weighted by molar-refractivity contribution is 0.105. The summed E-state index contributed by atoms with van der Waals surface area (Å²) in [6, 6.07) is 1.34. The third-order valence-corrected chi connectivity index (χ3v) is 5.67. The van der Waals surface area contributed by atoms with Gasteiger partial charge in [-0.3, -0.25) is 4.90 Å². The molecular weight excluding hydrogens is 250 g/mol. The van der Waals surface area contributed by atoms with Crippen LogP contribution < -0.4 is 5.32 Å². The van der Waals surface area contributed by atoms with E-state index in [4.69, 9.17) is 0 Å². The molecule has 1 N–H and O–H groups in total. The van der Waals surface area contributed by atoms with Crippen LogP contribution in [0.25, 0.3) is 0 Å². The minimum Gasteiger partial charge on any atom is -0.317 e. The lowest BCUT2D eigenvalue weighted by atomic mass is 9.90. The number of hydrogen-bond donors (Lipinski definition) is 1. The molecule has 2 rings (SSSR count). The van der Waals surface area contributed by atoms with Crippen molar-refractivity contribution in [2.45, 2.75) is 37.8 Å². The smallest absolute Gasteiger partial charge is 0.211 e. The number of nitrogens with zero attached hydrogens (tertiary/aromatic N) is 2. The first kappa shape index (κ1) is 14.2. The zero-order valence-electron chi connectivity index (χ0n) is 11.4. The Balaban J connectivity index is 1.80. The maximum atomic E-state index is 11.5. The van der Waals surface area contributed by atoms with Gasteiger partial charge in [0.2, 0.25) is 10.0 Å². The highest BCUT2D eigenvalue weighted by molar-refractivity contribution is 7.88. The zero-order chi connectivity index (χ0) is 13.2. The van der Waals surface area contributed by atoms with Gasteiger partial charge in [0.1, 0.15) is 0 Å². The Morgan fingerprint density at radius 1 is 1.00 bits per heavy atom. The van der Waals surface area contributed by atoms with Crippen LogP contribution in [0, 0.1) is 0 Å². The molecule has 1 heterocycles. The number of rotatable bonds is 3. The van der Waals surface area contributed by atoms with Gasteiger partial charge in [-0.15, -0.1) is 0 Å². The van der Waals surface area contributed by atoms with Crippen molar-refractivity contribution in [2.24, 2.45) is 0 Å². The lowest BCUT2D eigenvalue weighted by Gasteiger charge is -2.41. The maximum absolute atomic E-state index is 11.5. The predicted octanol–water partition coefficient (Wildman–Crippen LogP) is 0.0942. The molecule has 106 valence electrons. The molecule has 0 unspecified atom stereocenters. The fraction of sp³-hybridized carbons (Fsp3) is 1.00. The van der Waals surface area contributed by atoms with Gasteiger partial charge in [0.25, 0.3) is 0 Å². The molecule has 2 aliphatic rings. The van der Waals surface area contributed by atoms with E-state index in [1.54, 1.807) is 4.31 Å². The molecule has 18 heavy (non-hydrogen) atoms. The van der Waals surface area contributed by atoms with Gasteiger partial charge in [-0.2, -0.15) is 4.31 Å². The number of nitrogens with one attached hydrogen (secondary N) is 1. The van der Waals surface area contributed by atoms with Crippen molar-refractivity contribution < 1.29 is 8.42 Å². The molecule has 6 heteroatoms. The molecule has 0 amide bonds. The summed E-state index contributed by atoms with van der Waals surface area (Å²) in [5.74, 6) is 0. The number of hydrogen-bond acceptors (Lipinski definition) is 4. The quantitative estimate of drug-likeness (QED) is 0.793. The van der Waals surface area contributed by atoms with E-state index in [1.165, 1.54) is 31.9 Å². The lowest BCUT2D eigenvalue weighted by Crippen LogP contribution is -2.52. The summed E-state index contributed by atoms with van der Waals surface area (Å²) >= 11 is 0. The minimum atomic E-state index is -3.00. The van der Waals surface area contributed by atoms with Crippen molar-refractivity contribution in [3.8, 4) is 0 Å². The van der Waals surface area contributed by atoms with E-state index in [1.807, 2.05) is 7.05 Å². The van der Waals surface area contributed by atoms with Gasteiger partial charge in [-0.05, 0) is 32.7 Å². The summed E-state index contributed by atoms with van der Waals surface area (Å²) in [7, 11) is -0.959. The molecule has 0 spiro atoms. The Morgan fingerprint density at radius 3 is 2.00 bits per heavy atom. The van der Waals surface area contributed by atoms with Crippen LogP contribution in [0.1, 0.15) is 25.7 Å². The van der Waals surface area contributed by atoms with Crippen LogP contribution in [0.3, 0.4) is 0 Å². The minimum absolute atomic E-state index is 0.658. The summed E-state index contributed by atoms with van der Waals surface area (Å²) in [6.07, 6.45) is 6.27. The summed E-state index contributed by atoms with van der Waals surface area (Å²) in [4.78, 5) is 2.48. The third kappa shape index (κ3) is 3.44. The van der Waals surface area contributed by atoms with E-state index >= 15 is 0 Å². The summed E-state index contributed by atoms with van der Waals surface area (Å²) < 4.78 is 24.5. The van der Waals surface area contributed by atoms with Gasteiger partial charge >= 0.3 is 0 Å². The van der Waals surface area contributed by atoms with Crippen LogP contribution in [-0.4, -0.2) is 69.2 Å². The van der Waals surface area contributed by atoms with E-state index < -0.39 is 10.0 Å². The van der Waals surface area contributed by atoms with Gasteiger partial charge in [0.15, 0.2) is 0 Å². The molecule has 1 aliphatic carbocycles. The van der Waals surface area contributed by atoms with Gasteiger partial charge in [0, 0.05) is 38.3 Å². The average Bonchev–Trinajstić information content (AvgIpc) is 2.38. The Labute approximate surface area is 111 Å². The first-order chi connectivity index (χ1) is 8.50. The highest BCUT2D eigenvalue weighted by atomic mass is 32.2. The van der Waals surface area contributed by atoms with Gasteiger partial charge < -0.3 is 5.32 Å². The van der Waals surface area contributed by atoms with E-state index in [0.717, 1.165) is 13.1 Å². The molecule has 0 radical (unpaired) electrons. The maximum Gasteiger partial charge on any atom is 0.211 e. The first-order valence-corrected chi connectivity index (χ1v) is 8.72. The molecule has 0 atom stereocenters. The summed E-state index contributed by atoms with van der Waals surface area (Å²) in [6.45, 7) is 3.10. The zero-order valence-corrected chi connectivity index (χ0v) is 12.2. The summed E-state index contributed by atoms with van der Waals surface area (Å²) in [5.41, 5.74) is 0. The van der Waals surface area contributed by atoms with Crippen molar-refractivity contribution in [1.29, 1.82) is 0 Å². The molecule has 0 aromatic rings. The van der Waals surface area contributed by atoms with E-state index in [-0.39, 0.29) is 0 Å². The van der Waals surface area contributed by atoms with Gasteiger partial charge in [-0.25, -0.2) is 8.42 Å². The third-order valence-electron chi connectivity index (χ3n) is 4.36. The highest BCUT2D eigenvalue weighted by Gasteiger charge is 2.29. The second kappa shape index (κ2) is 5.86. The van der Waals surface area contributed by atoms with Crippen LogP contribution in [0.5, 0.6) is 0 Å². The van der Waals surface area contributed by atoms with E-state index in [0.29, 0.717) is 25.2 Å². The second-order valence-electron chi connectivity index (χ2n) is 5.49. The normalized spacial score (nSPS) is 32.6.